The third-order valence-corrected chi connectivity index (χ3v) is 6.13. The van der Waals surface area contributed by atoms with Crippen molar-refractivity contribution in [1.29, 1.82) is 0 Å². The Bertz CT molecular complexity index is 662. The van der Waals surface area contributed by atoms with Gasteiger partial charge < -0.3 is 14.8 Å². The van der Waals surface area contributed by atoms with Crippen LogP contribution in [0.3, 0.4) is 0 Å². The molecule has 0 unspecified atom stereocenters. The van der Waals surface area contributed by atoms with Crippen LogP contribution in [0.2, 0.25) is 0 Å². The van der Waals surface area contributed by atoms with Gasteiger partial charge in [-0.3, -0.25) is 4.79 Å². The number of sulfonamides is 1. The largest absolute Gasteiger partial charge is 0.379 e. The third kappa shape index (κ3) is 3.94. The Morgan fingerprint density at radius 2 is 1.88 bits per heavy atom. The van der Waals surface area contributed by atoms with Gasteiger partial charge in [-0.25, -0.2) is 8.42 Å². The van der Waals surface area contributed by atoms with Crippen LogP contribution in [0.25, 0.3) is 0 Å². The average Bonchev–Trinajstić information content (AvgIpc) is 3.15. The highest BCUT2D eigenvalue weighted by molar-refractivity contribution is 7.89. The van der Waals surface area contributed by atoms with Crippen LogP contribution in [-0.4, -0.2) is 57.6 Å². The smallest absolute Gasteiger partial charge is 0.249 e. The standard InChI is InChI=1S/C16H22N2O5S/c19-16(15-2-1-9-23-15)17-12-13-3-5-14(6-4-13)24(20,21)18-7-10-22-11-8-18/h3-6,15H,1-2,7-12H2,(H,17,19)/t15-/m1/s1. The molecule has 2 fully saturated rings. The second kappa shape index (κ2) is 7.60. The molecule has 1 aromatic carbocycles. The molecule has 0 radical (unpaired) electrons. The average molecular weight is 354 g/mol. The zero-order valence-electron chi connectivity index (χ0n) is 13.4. The molecule has 24 heavy (non-hydrogen) atoms. The summed E-state index contributed by atoms with van der Waals surface area (Å²) >= 11 is 0. The van der Waals surface area contributed by atoms with Gasteiger partial charge in [0.15, 0.2) is 0 Å². The van der Waals surface area contributed by atoms with E-state index in [1.54, 1.807) is 24.3 Å². The van der Waals surface area contributed by atoms with Crippen molar-refractivity contribution in [1.82, 2.24) is 9.62 Å². The number of nitrogens with one attached hydrogen (secondary N) is 1. The summed E-state index contributed by atoms with van der Waals surface area (Å²) in [4.78, 5) is 12.2. The van der Waals surface area contributed by atoms with E-state index in [9.17, 15) is 13.2 Å². The zero-order chi connectivity index (χ0) is 17.0. The highest BCUT2D eigenvalue weighted by Crippen LogP contribution is 2.18. The number of nitrogens with zero attached hydrogens (tertiary/aromatic N) is 1. The molecule has 3 rings (SSSR count). The predicted molar refractivity (Wildman–Crippen MR) is 86.8 cm³/mol. The van der Waals surface area contributed by atoms with Crippen molar-refractivity contribution in [3.8, 4) is 0 Å². The Kier molecular flexibility index (Phi) is 5.50. The van der Waals surface area contributed by atoms with Crippen LogP contribution in [0.1, 0.15) is 18.4 Å². The molecular formula is C16H22N2O5S. The first kappa shape index (κ1) is 17.3. The van der Waals surface area contributed by atoms with Crippen molar-refractivity contribution in [2.24, 2.45) is 0 Å². The number of hydrogen-bond acceptors (Lipinski definition) is 5. The first-order chi connectivity index (χ1) is 11.6. The SMILES string of the molecule is O=C(NCc1ccc(S(=O)(=O)N2CCOCC2)cc1)[C@H]1CCCO1. The molecule has 0 aliphatic carbocycles. The summed E-state index contributed by atoms with van der Waals surface area (Å²) < 4.78 is 37.0. The third-order valence-electron chi connectivity index (χ3n) is 4.22. The van der Waals surface area contributed by atoms with Gasteiger partial charge in [-0.15, -0.1) is 0 Å². The fourth-order valence-electron chi connectivity index (χ4n) is 2.80. The van der Waals surface area contributed by atoms with E-state index in [-0.39, 0.29) is 16.9 Å². The summed E-state index contributed by atoms with van der Waals surface area (Å²) in [5, 5.41) is 2.82. The molecule has 2 aliphatic rings. The number of hydrogen-bond donors (Lipinski definition) is 1. The van der Waals surface area contributed by atoms with Gasteiger partial charge in [0.1, 0.15) is 6.10 Å². The molecule has 2 aliphatic heterocycles. The minimum absolute atomic E-state index is 0.113. The molecule has 0 bridgehead atoms. The molecular weight excluding hydrogens is 332 g/mol. The monoisotopic (exact) mass is 354 g/mol. The van der Waals surface area contributed by atoms with Crippen molar-refractivity contribution < 1.29 is 22.7 Å². The van der Waals surface area contributed by atoms with E-state index in [0.717, 1.165) is 18.4 Å². The summed E-state index contributed by atoms with van der Waals surface area (Å²) in [5.41, 5.74) is 0.849. The van der Waals surface area contributed by atoms with Crippen LogP contribution in [0.5, 0.6) is 0 Å². The summed E-state index contributed by atoms with van der Waals surface area (Å²) in [6, 6.07) is 6.61. The lowest BCUT2D eigenvalue weighted by molar-refractivity contribution is -0.130. The zero-order valence-corrected chi connectivity index (χ0v) is 14.3. The maximum absolute atomic E-state index is 12.5. The van der Waals surface area contributed by atoms with E-state index in [0.29, 0.717) is 39.5 Å². The van der Waals surface area contributed by atoms with Gasteiger partial charge in [0.2, 0.25) is 15.9 Å². The lowest BCUT2D eigenvalue weighted by Crippen LogP contribution is -2.40. The number of carbonyl (C=O) groups excluding carboxylic acids is 1. The first-order valence-electron chi connectivity index (χ1n) is 8.13. The fraction of sp³-hybridized carbons (Fsp3) is 0.562. The van der Waals surface area contributed by atoms with Crippen LogP contribution in [0.15, 0.2) is 29.2 Å². The Morgan fingerprint density at radius 1 is 1.17 bits per heavy atom. The predicted octanol–water partition coefficient (Wildman–Crippen LogP) is 0.503. The quantitative estimate of drug-likeness (QED) is 0.832. The topological polar surface area (TPSA) is 84.9 Å². The maximum atomic E-state index is 12.5. The van der Waals surface area contributed by atoms with Gasteiger partial charge in [-0.05, 0) is 30.5 Å². The van der Waals surface area contributed by atoms with E-state index in [1.807, 2.05) is 0 Å². The lowest BCUT2D eigenvalue weighted by atomic mass is 10.2. The molecule has 1 atom stereocenters. The molecule has 2 heterocycles. The molecule has 7 nitrogen and oxygen atoms in total. The van der Waals surface area contributed by atoms with Crippen molar-refractivity contribution in [3.63, 3.8) is 0 Å². The van der Waals surface area contributed by atoms with Gasteiger partial charge in [-0.1, -0.05) is 12.1 Å². The number of carbonyl (C=O) groups is 1. The van der Waals surface area contributed by atoms with Crippen LogP contribution in [-0.2, 0) is 30.8 Å². The van der Waals surface area contributed by atoms with Crippen LogP contribution in [0.4, 0.5) is 0 Å². The van der Waals surface area contributed by atoms with E-state index in [4.69, 9.17) is 9.47 Å². The number of rotatable bonds is 5. The number of ether oxygens (including phenoxy) is 2. The molecule has 0 aromatic heterocycles. The van der Waals surface area contributed by atoms with E-state index in [1.165, 1.54) is 4.31 Å². The molecule has 0 saturated carbocycles. The molecule has 1 aromatic rings. The van der Waals surface area contributed by atoms with Gasteiger partial charge in [-0.2, -0.15) is 4.31 Å². The van der Waals surface area contributed by atoms with E-state index < -0.39 is 10.0 Å². The van der Waals surface area contributed by atoms with Crippen molar-refractivity contribution in [3.05, 3.63) is 29.8 Å². The second-order valence-electron chi connectivity index (χ2n) is 5.88. The van der Waals surface area contributed by atoms with Crippen LogP contribution < -0.4 is 5.32 Å². The van der Waals surface area contributed by atoms with Crippen LogP contribution in [0, 0.1) is 0 Å². The minimum Gasteiger partial charge on any atom is -0.379 e. The molecule has 132 valence electrons. The molecule has 8 heteroatoms. The van der Waals surface area contributed by atoms with Gasteiger partial charge in [0, 0.05) is 26.2 Å². The maximum Gasteiger partial charge on any atom is 0.249 e. The minimum atomic E-state index is -3.48. The van der Waals surface area contributed by atoms with Gasteiger partial charge >= 0.3 is 0 Å². The summed E-state index contributed by atoms with van der Waals surface area (Å²) in [7, 11) is -3.48. The van der Waals surface area contributed by atoms with E-state index in [2.05, 4.69) is 5.32 Å². The first-order valence-corrected chi connectivity index (χ1v) is 9.57. The van der Waals surface area contributed by atoms with Crippen LogP contribution >= 0.6 is 0 Å². The van der Waals surface area contributed by atoms with Crippen molar-refractivity contribution in [2.45, 2.75) is 30.4 Å². The van der Waals surface area contributed by atoms with Gasteiger partial charge in [0.25, 0.3) is 0 Å². The summed E-state index contributed by atoms with van der Waals surface area (Å²) in [6.45, 7) is 2.59. The number of morpholine rings is 1. The summed E-state index contributed by atoms with van der Waals surface area (Å²) in [6.07, 6.45) is 1.31. The lowest BCUT2D eigenvalue weighted by Gasteiger charge is -2.26. The van der Waals surface area contributed by atoms with Gasteiger partial charge in [0.05, 0.1) is 18.1 Å². The molecule has 0 spiro atoms. The number of benzene rings is 1. The van der Waals surface area contributed by atoms with E-state index >= 15 is 0 Å². The highest BCUT2D eigenvalue weighted by atomic mass is 32.2. The van der Waals surface area contributed by atoms with Crippen molar-refractivity contribution in [2.75, 3.05) is 32.9 Å². The Labute approximate surface area is 142 Å². The fourth-order valence-corrected chi connectivity index (χ4v) is 4.21. The second-order valence-corrected chi connectivity index (χ2v) is 7.82. The Hall–Kier alpha value is -1.48. The molecule has 1 amide bonds. The Morgan fingerprint density at radius 3 is 2.50 bits per heavy atom. The highest BCUT2D eigenvalue weighted by Gasteiger charge is 2.26. The molecule has 1 N–H and O–H groups in total. The molecule has 2 saturated heterocycles. The number of amides is 1. The Balaban J connectivity index is 1.59. The van der Waals surface area contributed by atoms with Crippen molar-refractivity contribution >= 4 is 15.9 Å². The normalized spacial score (nSPS) is 22.4. The summed E-state index contributed by atoms with van der Waals surface area (Å²) in [5.74, 6) is -0.113.